The van der Waals surface area contributed by atoms with Gasteiger partial charge in [0.2, 0.25) is 0 Å². The lowest BCUT2D eigenvalue weighted by atomic mass is 10.1. The second-order valence-corrected chi connectivity index (χ2v) is 11.0. The lowest BCUT2D eigenvalue weighted by Gasteiger charge is -2.38. The Morgan fingerprint density at radius 2 is 1.34 bits per heavy atom. The highest BCUT2D eigenvalue weighted by Crippen LogP contribution is 2.31. The van der Waals surface area contributed by atoms with Gasteiger partial charge in [0, 0.05) is 58.6 Å². The largest absolute Gasteiger partial charge is 0.351 e. The van der Waals surface area contributed by atoms with Gasteiger partial charge < -0.3 is 24.5 Å². The maximum Gasteiger partial charge on any atom is 0.172 e. The number of rotatable bonds is 8. The molecule has 38 heavy (non-hydrogen) atoms. The number of nitrogens with zero attached hydrogens (tertiary/aromatic N) is 8. The van der Waals surface area contributed by atoms with Crippen LogP contribution in [0.3, 0.4) is 0 Å². The lowest BCUT2D eigenvalue weighted by molar-refractivity contribution is 0.308. The quantitative estimate of drug-likeness (QED) is 0.427. The van der Waals surface area contributed by atoms with Gasteiger partial charge in [0.1, 0.15) is 0 Å². The van der Waals surface area contributed by atoms with E-state index in [2.05, 4.69) is 89.1 Å². The Morgan fingerprint density at radius 1 is 0.763 bits per heavy atom. The maximum atomic E-state index is 5.20. The highest BCUT2D eigenvalue weighted by atomic mass is 15.3. The number of aliphatic imine (C=N–C) groups is 1. The Bertz CT molecular complexity index is 1220. The summed E-state index contributed by atoms with van der Waals surface area (Å²) in [5.41, 5.74) is 5.22. The van der Waals surface area contributed by atoms with Crippen molar-refractivity contribution in [2.24, 2.45) is 4.99 Å². The molecule has 8 heteroatoms. The van der Waals surface area contributed by atoms with Crippen LogP contribution in [0, 0.1) is 0 Å². The minimum absolute atomic E-state index is 0.901. The third-order valence-corrected chi connectivity index (χ3v) is 7.63. The molecule has 0 aliphatic carbocycles. The van der Waals surface area contributed by atoms with Crippen molar-refractivity contribution in [2.45, 2.75) is 12.8 Å². The van der Waals surface area contributed by atoms with Gasteiger partial charge in [-0.15, -0.1) is 0 Å². The van der Waals surface area contributed by atoms with Gasteiger partial charge in [-0.2, -0.15) is 0 Å². The van der Waals surface area contributed by atoms with E-state index in [4.69, 9.17) is 15.0 Å². The number of benzene rings is 2. The van der Waals surface area contributed by atoms with E-state index in [0.717, 1.165) is 99.2 Å². The van der Waals surface area contributed by atoms with Crippen LogP contribution >= 0.6 is 0 Å². The summed E-state index contributed by atoms with van der Waals surface area (Å²) in [5, 5.41) is 0. The fourth-order valence-corrected chi connectivity index (χ4v) is 5.08. The monoisotopic (exact) mass is 514 g/mol. The summed E-state index contributed by atoms with van der Waals surface area (Å²) >= 11 is 0. The van der Waals surface area contributed by atoms with Gasteiger partial charge in [-0.25, -0.2) is 9.97 Å². The Kier molecular flexibility index (Phi) is 8.51. The Labute approximate surface area is 227 Å². The number of fused-ring (bicyclic) bond motifs is 1. The van der Waals surface area contributed by atoms with E-state index in [1.807, 2.05) is 12.3 Å². The van der Waals surface area contributed by atoms with Gasteiger partial charge in [-0.3, -0.25) is 4.99 Å². The van der Waals surface area contributed by atoms with Crippen molar-refractivity contribution >= 4 is 34.6 Å². The molecule has 3 heterocycles. The third-order valence-electron chi connectivity index (χ3n) is 7.63. The number of hydrogen-bond acceptors (Lipinski definition) is 8. The second-order valence-electron chi connectivity index (χ2n) is 11.0. The predicted molar refractivity (Wildman–Crippen MR) is 160 cm³/mol. The van der Waals surface area contributed by atoms with Crippen molar-refractivity contribution in [2.75, 3.05) is 96.9 Å². The van der Waals surface area contributed by atoms with E-state index in [1.54, 1.807) is 0 Å². The maximum absolute atomic E-state index is 5.20. The zero-order valence-corrected chi connectivity index (χ0v) is 23.5. The van der Waals surface area contributed by atoms with E-state index in [-0.39, 0.29) is 0 Å². The first-order chi connectivity index (χ1) is 18.4. The standard InChI is InChI=1S/C30H42N8/c1-34(2)13-5-6-24-7-9-25(10-8-24)23-31-26-11-12-27-28(22-26)33-30(38-20-16-36(4)17-21-38)29(32-27)37-18-14-35(3)15-19-37/h7-12,22-23H,5-6,13-21H2,1-4H3. The summed E-state index contributed by atoms with van der Waals surface area (Å²) in [4.78, 5) is 26.9. The number of likely N-dealkylation sites (N-methyl/N-ethyl adjacent to an activating group) is 2. The molecular formula is C30H42N8. The molecule has 2 saturated heterocycles. The average molecular weight is 515 g/mol. The number of hydrogen-bond donors (Lipinski definition) is 0. The van der Waals surface area contributed by atoms with Crippen LogP contribution in [0.4, 0.5) is 17.3 Å². The smallest absolute Gasteiger partial charge is 0.172 e. The number of anilines is 2. The van der Waals surface area contributed by atoms with Crippen molar-refractivity contribution in [3.05, 3.63) is 53.6 Å². The molecule has 0 saturated carbocycles. The molecule has 0 N–H and O–H groups in total. The first-order valence-corrected chi connectivity index (χ1v) is 13.9. The van der Waals surface area contributed by atoms with Crippen LogP contribution < -0.4 is 9.80 Å². The molecule has 1 aromatic heterocycles. The SMILES string of the molecule is CN(C)CCCc1ccc(C=Nc2ccc3nc(N4CCN(C)CC4)c(N4CCN(C)CC4)nc3c2)cc1. The zero-order chi connectivity index (χ0) is 26.5. The normalized spacial score (nSPS) is 17.8. The third kappa shape index (κ3) is 6.67. The summed E-state index contributed by atoms with van der Waals surface area (Å²) < 4.78 is 0. The van der Waals surface area contributed by atoms with E-state index in [0.29, 0.717) is 0 Å². The number of aryl methyl sites for hydroxylation is 1. The van der Waals surface area contributed by atoms with Gasteiger partial charge in [-0.05, 0) is 76.9 Å². The molecule has 0 bridgehead atoms. The van der Waals surface area contributed by atoms with Crippen molar-refractivity contribution < 1.29 is 0 Å². The van der Waals surface area contributed by atoms with Gasteiger partial charge in [0.15, 0.2) is 11.6 Å². The summed E-state index contributed by atoms with van der Waals surface area (Å²) in [6.45, 7) is 9.20. The summed E-state index contributed by atoms with van der Waals surface area (Å²) in [6.07, 6.45) is 4.22. The first-order valence-electron chi connectivity index (χ1n) is 13.9. The van der Waals surface area contributed by atoms with Crippen LogP contribution in [-0.4, -0.2) is 118 Å². The summed E-state index contributed by atoms with van der Waals surface area (Å²) in [7, 11) is 8.62. The topological polar surface area (TPSA) is 54.3 Å². The molecule has 202 valence electrons. The molecular weight excluding hydrogens is 472 g/mol. The van der Waals surface area contributed by atoms with Crippen LogP contribution in [-0.2, 0) is 6.42 Å². The van der Waals surface area contributed by atoms with Gasteiger partial charge in [-0.1, -0.05) is 24.3 Å². The molecule has 2 fully saturated rings. The van der Waals surface area contributed by atoms with E-state index in [1.165, 1.54) is 12.0 Å². The van der Waals surface area contributed by atoms with E-state index < -0.39 is 0 Å². The molecule has 0 unspecified atom stereocenters. The molecule has 2 aliphatic heterocycles. The van der Waals surface area contributed by atoms with E-state index >= 15 is 0 Å². The number of aromatic nitrogens is 2. The first kappa shape index (κ1) is 26.5. The van der Waals surface area contributed by atoms with Crippen LogP contribution in [0.25, 0.3) is 11.0 Å². The molecule has 0 spiro atoms. The van der Waals surface area contributed by atoms with Gasteiger partial charge >= 0.3 is 0 Å². The molecule has 0 atom stereocenters. The fraction of sp³-hybridized carbons (Fsp3) is 0.500. The summed E-state index contributed by atoms with van der Waals surface area (Å²) in [6, 6.07) is 14.9. The average Bonchev–Trinajstić information content (AvgIpc) is 2.92. The predicted octanol–water partition coefficient (Wildman–Crippen LogP) is 3.38. The molecule has 3 aromatic rings. The van der Waals surface area contributed by atoms with E-state index in [9.17, 15) is 0 Å². The van der Waals surface area contributed by atoms with Crippen LogP contribution in [0.15, 0.2) is 47.5 Å². The Balaban J connectivity index is 1.36. The zero-order valence-electron chi connectivity index (χ0n) is 23.5. The highest BCUT2D eigenvalue weighted by molar-refractivity contribution is 5.86. The van der Waals surface area contributed by atoms with Crippen LogP contribution in [0.2, 0.25) is 0 Å². The van der Waals surface area contributed by atoms with Crippen molar-refractivity contribution in [3.63, 3.8) is 0 Å². The minimum atomic E-state index is 0.901. The minimum Gasteiger partial charge on any atom is -0.351 e. The molecule has 2 aliphatic rings. The van der Waals surface area contributed by atoms with Crippen LogP contribution in [0.1, 0.15) is 17.5 Å². The fourth-order valence-electron chi connectivity index (χ4n) is 5.08. The molecule has 2 aromatic carbocycles. The Morgan fingerprint density at radius 3 is 1.92 bits per heavy atom. The molecule has 0 radical (unpaired) electrons. The molecule has 0 amide bonds. The van der Waals surface area contributed by atoms with Gasteiger partial charge in [0.25, 0.3) is 0 Å². The molecule has 8 nitrogen and oxygen atoms in total. The molecule has 5 rings (SSSR count). The second kappa shape index (κ2) is 12.2. The lowest BCUT2D eigenvalue weighted by Crippen LogP contribution is -2.48. The highest BCUT2D eigenvalue weighted by Gasteiger charge is 2.25. The Hall–Kier alpha value is -3.07. The van der Waals surface area contributed by atoms with Crippen molar-refractivity contribution in [1.82, 2.24) is 24.7 Å². The number of piperazine rings is 2. The van der Waals surface area contributed by atoms with Gasteiger partial charge in [0.05, 0.1) is 16.7 Å². The van der Waals surface area contributed by atoms with Crippen molar-refractivity contribution in [3.8, 4) is 0 Å². The van der Waals surface area contributed by atoms with Crippen molar-refractivity contribution in [1.29, 1.82) is 0 Å². The summed E-state index contributed by atoms with van der Waals surface area (Å²) in [5.74, 6) is 2.04. The van der Waals surface area contributed by atoms with Crippen LogP contribution in [0.5, 0.6) is 0 Å².